The van der Waals surface area contributed by atoms with Crippen molar-refractivity contribution in [2.75, 3.05) is 26.3 Å². The molecule has 0 aliphatic carbocycles. The second kappa shape index (κ2) is 7.25. The van der Waals surface area contributed by atoms with Gasteiger partial charge in [-0.25, -0.2) is 0 Å². The van der Waals surface area contributed by atoms with Gasteiger partial charge >= 0.3 is 0 Å². The number of benzene rings is 2. The molecule has 3 rings (SSSR count). The van der Waals surface area contributed by atoms with Gasteiger partial charge in [0.1, 0.15) is 32.0 Å². The van der Waals surface area contributed by atoms with E-state index in [1.54, 1.807) is 4.90 Å². The molecular formula is C18H22NO2+. The van der Waals surface area contributed by atoms with E-state index < -0.39 is 0 Å². The van der Waals surface area contributed by atoms with E-state index in [-0.39, 0.29) is 0 Å². The summed E-state index contributed by atoms with van der Waals surface area (Å²) in [7, 11) is 0. The van der Waals surface area contributed by atoms with Gasteiger partial charge in [0.2, 0.25) is 0 Å². The van der Waals surface area contributed by atoms with Gasteiger partial charge in [0.05, 0.1) is 13.2 Å². The summed E-state index contributed by atoms with van der Waals surface area (Å²) in [5, 5.41) is 0. The summed E-state index contributed by atoms with van der Waals surface area (Å²) in [6, 6.07) is 18.7. The lowest BCUT2D eigenvalue weighted by Crippen LogP contribution is -3.12. The monoisotopic (exact) mass is 284 g/mol. The van der Waals surface area contributed by atoms with Crippen LogP contribution in [-0.4, -0.2) is 26.3 Å². The van der Waals surface area contributed by atoms with Gasteiger partial charge in [-0.05, 0) is 17.7 Å². The second-order valence-corrected chi connectivity index (χ2v) is 5.46. The molecule has 110 valence electrons. The summed E-state index contributed by atoms with van der Waals surface area (Å²) in [6.45, 7) is 5.60. The molecule has 0 spiro atoms. The van der Waals surface area contributed by atoms with Gasteiger partial charge in [-0.2, -0.15) is 0 Å². The molecule has 1 heterocycles. The minimum atomic E-state index is 0.620. The van der Waals surface area contributed by atoms with Crippen LogP contribution in [0.15, 0.2) is 54.6 Å². The van der Waals surface area contributed by atoms with E-state index in [0.29, 0.717) is 6.61 Å². The minimum absolute atomic E-state index is 0.620. The molecule has 0 atom stereocenters. The fraction of sp³-hybridized carbons (Fsp3) is 0.333. The third kappa shape index (κ3) is 4.31. The Morgan fingerprint density at radius 2 is 1.67 bits per heavy atom. The van der Waals surface area contributed by atoms with E-state index in [4.69, 9.17) is 9.47 Å². The van der Waals surface area contributed by atoms with E-state index >= 15 is 0 Å². The summed E-state index contributed by atoms with van der Waals surface area (Å²) in [5.41, 5.74) is 2.53. The Kier molecular flexibility index (Phi) is 4.87. The highest BCUT2D eigenvalue weighted by Gasteiger charge is 2.14. The first-order valence-electron chi connectivity index (χ1n) is 7.57. The number of ether oxygens (including phenoxy) is 2. The van der Waals surface area contributed by atoms with Crippen LogP contribution in [0.5, 0.6) is 5.75 Å². The number of rotatable bonds is 5. The van der Waals surface area contributed by atoms with Gasteiger partial charge in [0.25, 0.3) is 0 Å². The number of nitrogens with one attached hydrogen (secondary N) is 1. The Hall–Kier alpha value is -1.84. The Balaban J connectivity index is 1.57. The zero-order valence-corrected chi connectivity index (χ0v) is 12.3. The van der Waals surface area contributed by atoms with Crippen molar-refractivity contribution in [1.82, 2.24) is 0 Å². The first kappa shape index (κ1) is 14.1. The molecule has 0 amide bonds. The third-order valence-electron chi connectivity index (χ3n) is 3.80. The summed E-state index contributed by atoms with van der Waals surface area (Å²) < 4.78 is 11.3. The molecule has 0 aromatic heterocycles. The molecular weight excluding hydrogens is 262 g/mol. The average Bonchev–Trinajstić information content (AvgIpc) is 2.55. The largest absolute Gasteiger partial charge is 0.489 e. The Morgan fingerprint density at radius 1 is 0.905 bits per heavy atom. The molecule has 1 aliphatic rings. The number of quaternary nitrogens is 1. The summed E-state index contributed by atoms with van der Waals surface area (Å²) in [6.07, 6.45) is 0. The molecule has 0 radical (unpaired) electrons. The molecule has 3 nitrogen and oxygen atoms in total. The van der Waals surface area contributed by atoms with Crippen molar-refractivity contribution in [1.29, 1.82) is 0 Å². The molecule has 0 saturated carbocycles. The van der Waals surface area contributed by atoms with Crippen molar-refractivity contribution < 1.29 is 14.4 Å². The van der Waals surface area contributed by atoms with Crippen LogP contribution in [0.3, 0.4) is 0 Å². The SMILES string of the molecule is c1ccc(COc2cccc(C[NH+]3CCOCC3)c2)cc1. The maximum absolute atomic E-state index is 5.89. The lowest BCUT2D eigenvalue weighted by molar-refractivity contribution is -0.921. The van der Waals surface area contributed by atoms with Crippen LogP contribution in [0.1, 0.15) is 11.1 Å². The Morgan fingerprint density at radius 3 is 2.48 bits per heavy atom. The first-order chi connectivity index (χ1) is 10.4. The normalized spacial score (nSPS) is 15.8. The van der Waals surface area contributed by atoms with Crippen molar-refractivity contribution >= 4 is 0 Å². The maximum Gasteiger partial charge on any atom is 0.120 e. The van der Waals surface area contributed by atoms with Crippen molar-refractivity contribution in [3.8, 4) is 5.75 Å². The topological polar surface area (TPSA) is 22.9 Å². The van der Waals surface area contributed by atoms with Crippen LogP contribution in [0.4, 0.5) is 0 Å². The quantitative estimate of drug-likeness (QED) is 0.903. The molecule has 2 aromatic rings. The number of morpholine rings is 1. The van der Waals surface area contributed by atoms with Crippen molar-refractivity contribution in [3.63, 3.8) is 0 Å². The Labute approximate surface area is 126 Å². The molecule has 1 saturated heterocycles. The highest BCUT2D eigenvalue weighted by atomic mass is 16.5. The van der Waals surface area contributed by atoms with E-state index in [1.165, 1.54) is 11.1 Å². The van der Waals surface area contributed by atoms with Crippen LogP contribution < -0.4 is 9.64 Å². The van der Waals surface area contributed by atoms with Crippen LogP contribution in [-0.2, 0) is 17.9 Å². The van der Waals surface area contributed by atoms with Crippen molar-refractivity contribution in [2.24, 2.45) is 0 Å². The Bertz CT molecular complexity index is 550. The van der Waals surface area contributed by atoms with Gasteiger partial charge < -0.3 is 14.4 Å². The third-order valence-corrected chi connectivity index (χ3v) is 3.80. The standard InChI is InChI=1S/C18H21NO2/c1-2-5-16(6-3-1)15-21-18-8-4-7-17(13-18)14-19-9-11-20-12-10-19/h1-8,13H,9-12,14-15H2/p+1. The van der Waals surface area contributed by atoms with Gasteiger partial charge in [0.15, 0.2) is 0 Å². The maximum atomic E-state index is 5.89. The van der Waals surface area contributed by atoms with Crippen molar-refractivity contribution in [2.45, 2.75) is 13.2 Å². The summed E-state index contributed by atoms with van der Waals surface area (Å²) in [4.78, 5) is 1.58. The average molecular weight is 284 g/mol. The van der Waals surface area contributed by atoms with Crippen LogP contribution >= 0.6 is 0 Å². The van der Waals surface area contributed by atoms with Crippen LogP contribution in [0.25, 0.3) is 0 Å². The fourth-order valence-corrected chi connectivity index (χ4v) is 2.61. The first-order valence-corrected chi connectivity index (χ1v) is 7.57. The smallest absolute Gasteiger partial charge is 0.120 e. The molecule has 0 unspecified atom stereocenters. The van der Waals surface area contributed by atoms with E-state index in [1.807, 2.05) is 24.3 Å². The van der Waals surface area contributed by atoms with Gasteiger partial charge in [0, 0.05) is 5.56 Å². The molecule has 21 heavy (non-hydrogen) atoms. The van der Waals surface area contributed by atoms with Crippen LogP contribution in [0, 0.1) is 0 Å². The minimum Gasteiger partial charge on any atom is -0.489 e. The fourth-order valence-electron chi connectivity index (χ4n) is 2.61. The predicted octanol–water partition coefficient (Wildman–Crippen LogP) is 1.68. The zero-order chi connectivity index (χ0) is 14.3. The molecule has 3 heteroatoms. The van der Waals surface area contributed by atoms with Gasteiger partial charge in [-0.3, -0.25) is 0 Å². The van der Waals surface area contributed by atoms with Gasteiger partial charge in [-0.15, -0.1) is 0 Å². The lowest BCUT2D eigenvalue weighted by atomic mass is 10.2. The molecule has 1 aliphatic heterocycles. The lowest BCUT2D eigenvalue weighted by Gasteiger charge is -2.23. The number of hydrogen-bond acceptors (Lipinski definition) is 2. The van der Waals surface area contributed by atoms with Crippen molar-refractivity contribution in [3.05, 3.63) is 65.7 Å². The highest BCUT2D eigenvalue weighted by molar-refractivity contribution is 5.28. The predicted molar refractivity (Wildman–Crippen MR) is 82.4 cm³/mol. The van der Waals surface area contributed by atoms with E-state index in [9.17, 15) is 0 Å². The second-order valence-electron chi connectivity index (χ2n) is 5.46. The highest BCUT2D eigenvalue weighted by Crippen LogP contribution is 2.14. The summed E-state index contributed by atoms with van der Waals surface area (Å²) >= 11 is 0. The molecule has 1 N–H and O–H groups in total. The molecule has 1 fully saturated rings. The van der Waals surface area contributed by atoms with E-state index in [0.717, 1.165) is 38.6 Å². The number of hydrogen-bond donors (Lipinski definition) is 1. The summed E-state index contributed by atoms with van der Waals surface area (Å²) in [5.74, 6) is 0.948. The van der Waals surface area contributed by atoms with Gasteiger partial charge in [-0.1, -0.05) is 42.5 Å². The zero-order valence-electron chi connectivity index (χ0n) is 12.3. The molecule has 2 aromatic carbocycles. The van der Waals surface area contributed by atoms with Crippen LogP contribution in [0.2, 0.25) is 0 Å². The molecule has 0 bridgehead atoms. The van der Waals surface area contributed by atoms with E-state index in [2.05, 4.69) is 30.3 Å².